The summed E-state index contributed by atoms with van der Waals surface area (Å²) in [4.78, 5) is 39.6. The minimum atomic E-state index is -5.09. The topological polar surface area (TPSA) is 138 Å². The standard InChI is InChI=1S/C5H10N2O6P2/c8-14(9,10)5(15(11,12)13)3-7-2-1-6-4-7/h1-2,4-5H,3H2,(H4,8,9,10,11,12,13). The molecule has 1 aromatic heterocycles. The lowest BCUT2D eigenvalue weighted by molar-refractivity contribution is -0.693. The number of H-pyrrole nitrogens is 1. The Morgan fingerprint density at radius 2 is 2.00 bits per heavy atom. The van der Waals surface area contributed by atoms with Gasteiger partial charge in [0.15, 0.2) is 13.0 Å². The van der Waals surface area contributed by atoms with Crippen molar-refractivity contribution in [3.05, 3.63) is 18.7 Å². The predicted octanol–water partition coefficient (Wildman–Crippen LogP) is -1.65. The van der Waals surface area contributed by atoms with Crippen molar-refractivity contribution in [2.45, 2.75) is 11.9 Å². The van der Waals surface area contributed by atoms with E-state index in [1.165, 1.54) is 23.3 Å². The predicted molar refractivity (Wildman–Crippen MR) is 46.6 cm³/mol. The summed E-state index contributed by atoms with van der Waals surface area (Å²) in [6.45, 7) is -0.509. The van der Waals surface area contributed by atoms with Crippen molar-refractivity contribution in [1.82, 2.24) is 4.98 Å². The maximum Gasteiger partial charge on any atom is 0.341 e. The van der Waals surface area contributed by atoms with Crippen LogP contribution >= 0.6 is 15.2 Å². The molecule has 0 bridgehead atoms. The average molecular weight is 256 g/mol. The largest absolute Gasteiger partial charge is 0.778 e. The molecule has 0 spiro atoms. The molecule has 0 aliphatic heterocycles. The lowest BCUT2D eigenvalue weighted by atomic mass is 10.7. The Labute approximate surface area is 84.9 Å². The molecule has 4 N–H and O–H groups in total. The van der Waals surface area contributed by atoms with Gasteiger partial charge in [-0.3, -0.25) is 9.55 Å². The molecule has 1 heterocycles. The van der Waals surface area contributed by atoms with Crippen molar-refractivity contribution < 1.29 is 33.3 Å². The normalized spacial score (nSPS) is 18.4. The van der Waals surface area contributed by atoms with Crippen molar-refractivity contribution in [3.63, 3.8) is 0 Å². The molecule has 2 unspecified atom stereocenters. The lowest BCUT2D eigenvalue weighted by Gasteiger charge is -2.25. The van der Waals surface area contributed by atoms with Crippen LogP contribution in [-0.4, -0.2) is 25.1 Å². The highest BCUT2D eigenvalue weighted by Gasteiger charge is 2.38. The van der Waals surface area contributed by atoms with E-state index in [9.17, 15) is 14.0 Å². The van der Waals surface area contributed by atoms with Crippen LogP contribution < -0.4 is 9.46 Å². The summed E-state index contributed by atoms with van der Waals surface area (Å²) in [6.07, 6.45) is 4.15. The molecule has 0 radical (unpaired) electrons. The number of aromatic amines is 1. The van der Waals surface area contributed by atoms with E-state index in [1.807, 2.05) is 0 Å². The van der Waals surface area contributed by atoms with Crippen LogP contribution in [-0.2, 0) is 15.7 Å². The number of imidazole rings is 1. The van der Waals surface area contributed by atoms with Gasteiger partial charge in [0.05, 0.1) is 0 Å². The lowest BCUT2D eigenvalue weighted by Crippen LogP contribution is -2.39. The third-order valence-electron chi connectivity index (χ3n) is 1.74. The monoisotopic (exact) mass is 256 g/mol. The van der Waals surface area contributed by atoms with Gasteiger partial charge in [-0.1, -0.05) is 0 Å². The van der Waals surface area contributed by atoms with E-state index in [0.29, 0.717) is 0 Å². The number of aromatic nitrogens is 2. The van der Waals surface area contributed by atoms with Crippen molar-refractivity contribution in [2.24, 2.45) is 0 Å². The minimum Gasteiger partial charge on any atom is -0.778 e. The molecular weight excluding hydrogens is 246 g/mol. The van der Waals surface area contributed by atoms with Gasteiger partial charge < -0.3 is 24.1 Å². The van der Waals surface area contributed by atoms with Gasteiger partial charge in [0.2, 0.25) is 6.33 Å². The fourth-order valence-corrected chi connectivity index (χ4v) is 3.34. The average Bonchev–Trinajstić information content (AvgIpc) is 2.46. The molecule has 0 fully saturated rings. The van der Waals surface area contributed by atoms with Crippen LogP contribution in [0, 0.1) is 0 Å². The molecule has 0 aliphatic rings. The summed E-state index contributed by atoms with van der Waals surface area (Å²) in [5, 5.41) is -2.12. The molecule has 86 valence electrons. The first-order valence-electron chi connectivity index (χ1n) is 3.82. The second kappa shape index (κ2) is 4.17. The first-order valence-corrected chi connectivity index (χ1v) is 7.14. The summed E-state index contributed by atoms with van der Waals surface area (Å²) >= 11 is 0. The molecule has 0 aliphatic carbocycles. The number of hydrogen-bond acceptors (Lipinski definition) is 3. The van der Waals surface area contributed by atoms with Crippen molar-refractivity contribution >= 4 is 15.2 Å². The van der Waals surface area contributed by atoms with E-state index in [2.05, 4.69) is 4.98 Å². The zero-order chi connectivity index (χ0) is 11.7. The number of nitrogens with one attached hydrogen (secondary N) is 1. The Bertz CT molecular complexity index is 383. The molecule has 8 nitrogen and oxygen atoms in total. The molecule has 0 saturated heterocycles. The summed E-state index contributed by atoms with van der Waals surface area (Å²) in [7, 11) is -9.99. The van der Waals surface area contributed by atoms with Crippen LogP contribution in [0.5, 0.6) is 0 Å². The van der Waals surface area contributed by atoms with Crippen LogP contribution in [0.2, 0.25) is 0 Å². The fraction of sp³-hybridized carbons (Fsp3) is 0.400. The van der Waals surface area contributed by atoms with E-state index in [4.69, 9.17) is 14.7 Å². The Morgan fingerprint density at radius 3 is 2.33 bits per heavy atom. The second-order valence-electron chi connectivity index (χ2n) is 2.94. The van der Waals surface area contributed by atoms with Crippen LogP contribution in [0.15, 0.2) is 18.7 Å². The molecular formula is C5H10N2O6P2. The Hall–Kier alpha value is -0.490. The van der Waals surface area contributed by atoms with Gasteiger partial charge in [0.1, 0.15) is 18.9 Å². The van der Waals surface area contributed by atoms with Crippen molar-refractivity contribution in [2.75, 3.05) is 0 Å². The number of hydrogen-bond donors (Lipinski definition) is 4. The third-order valence-corrected chi connectivity index (χ3v) is 5.38. The highest BCUT2D eigenvalue weighted by Crippen LogP contribution is 2.57. The van der Waals surface area contributed by atoms with Crippen LogP contribution in [0.25, 0.3) is 0 Å². The zero-order valence-corrected chi connectivity index (χ0v) is 9.21. The van der Waals surface area contributed by atoms with E-state index in [1.54, 1.807) is 0 Å². The van der Waals surface area contributed by atoms with E-state index in [-0.39, 0.29) is 0 Å². The highest BCUT2D eigenvalue weighted by atomic mass is 31.2. The molecule has 1 rings (SSSR count). The molecule has 0 aromatic carbocycles. The Kier molecular flexibility index (Phi) is 3.50. The Morgan fingerprint density at radius 1 is 1.40 bits per heavy atom. The minimum absolute atomic E-state index is 0.509. The maximum absolute atomic E-state index is 10.8. The third kappa shape index (κ3) is 3.53. The van der Waals surface area contributed by atoms with Crippen molar-refractivity contribution in [1.29, 1.82) is 0 Å². The summed E-state index contributed by atoms with van der Waals surface area (Å²) in [5.74, 6) is 0. The fourth-order valence-electron chi connectivity index (χ4n) is 1.02. The summed E-state index contributed by atoms with van der Waals surface area (Å²) < 4.78 is 22.8. The van der Waals surface area contributed by atoms with Gasteiger partial charge in [0, 0.05) is 0 Å². The van der Waals surface area contributed by atoms with Gasteiger partial charge in [0.25, 0.3) is 0 Å². The van der Waals surface area contributed by atoms with Gasteiger partial charge in [-0.2, -0.15) is 0 Å². The molecule has 0 saturated carbocycles. The number of rotatable bonds is 4. The quantitative estimate of drug-likeness (QED) is 0.376. The van der Waals surface area contributed by atoms with E-state index < -0.39 is 27.1 Å². The smallest absolute Gasteiger partial charge is 0.341 e. The van der Waals surface area contributed by atoms with Gasteiger partial charge in [-0.05, 0) is 0 Å². The van der Waals surface area contributed by atoms with Crippen LogP contribution in [0.4, 0.5) is 0 Å². The van der Waals surface area contributed by atoms with E-state index >= 15 is 0 Å². The first kappa shape index (κ1) is 12.6. The summed E-state index contributed by atoms with van der Waals surface area (Å²) in [6, 6.07) is 0. The molecule has 10 heteroatoms. The second-order valence-corrected chi connectivity index (χ2v) is 6.90. The van der Waals surface area contributed by atoms with Gasteiger partial charge in [-0.25, -0.2) is 4.57 Å². The van der Waals surface area contributed by atoms with Gasteiger partial charge >= 0.3 is 7.60 Å². The summed E-state index contributed by atoms with van der Waals surface area (Å²) in [5.41, 5.74) is 0. The first-order chi connectivity index (χ1) is 6.71. The molecule has 15 heavy (non-hydrogen) atoms. The van der Waals surface area contributed by atoms with Crippen molar-refractivity contribution in [3.8, 4) is 0 Å². The van der Waals surface area contributed by atoms with Crippen LogP contribution in [0.3, 0.4) is 0 Å². The molecule has 1 aromatic rings. The SMILES string of the molecule is O=P([O-])(O)C(C[n+]1cc[nH]c1)P(=O)(O)O. The Balaban J connectivity index is 2.95. The van der Waals surface area contributed by atoms with E-state index in [0.717, 1.165) is 0 Å². The number of nitrogens with zero attached hydrogens (tertiary/aromatic N) is 1. The van der Waals surface area contributed by atoms with Crippen LogP contribution in [0.1, 0.15) is 0 Å². The molecule has 0 amide bonds. The molecule has 2 atom stereocenters. The zero-order valence-electron chi connectivity index (χ0n) is 7.42. The maximum atomic E-state index is 10.8. The highest BCUT2D eigenvalue weighted by molar-refractivity contribution is 7.70. The van der Waals surface area contributed by atoms with Gasteiger partial charge in [-0.15, -0.1) is 0 Å².